The van der Waals surface area contributed by atoms with Crippen LogP contribution in [0.15, 0.2) is 0 Å². The topological polar surface area (TPSA) is 58.2 Å². The van der Waals surface area contributed by atoms with Crippen LogP contribution in [0.2, 0.25) is 0 Å². The highest BCUT2D eigenvalue weighted by Gasteiger charge is 1.96. The molecule has 5 heteroatoms. The zero-order valence-electron chi connectivity index (χ0n) is 15.8. The molecule has 0 radical (unpaired) electrons. The third kappa shape index (κ3) is 27.8. The lowest BCUT2D eigenvalue weighted by molar-refractivity contribution is -0.118. The van der Waals surface area contributed by atoms with Crippen molar-refractivity contribution < 1.29 is 9.00 Å². The fraction of sp³-hybridized carbons (Fsp3) is 0.941. The zero-order chi connectivity index (χ0) is 17.6. The molecule has 1 unspecified atom stereocenters. The summed E-state index contributed by atoms with van der Waals surface area (Å²) in [4.78, 5) is 10.6. The molecule has 0 spiro atoms. The van der Waals surface area contributed by atoms with E-state index >= 15 is 0 Å². The van der Waals surface area contributed by atoms with Gasteiger partial charge in [-0.1, -0.05) is 66.2 Å². The molecule has 4 nitrogen and oxygen atoms in total. The molecule has 0 aliphatic rings. The minimum Gasteiger partial charge on any atom is -0.356 e. The molecule has 1 amide bonds. The zero-order valence-corrected chi connectivity index (χ0v) is 16.6. The third-order valence-electron chi connectivity index (χ3n) is 2.86. The van der Waals surface area contributed by atoms with E-state index in [1.165, 1.54) is 38.5 Å². The highest BCUT2D eigenvalue weighted by molar-refractivity contribution is 7.82. The molecule has 0 aromatic heterocycles. The Morgan fingerprint density at radius 3 is 1.64 bits per heavy atom. The highest BCUT2D eigenvalue weighted by Crippen LogP contribution is 2.08. The Labute approximate surface area is 141 Å². The summed E-state index contributed by atoms with van der Waals surface area (Å²) >= 11 is 0. The Balaban J connectivity index is -0.000000826. The Morgan fingerprint density at radius 1 is 0.818 bits per heavy atom. The molecule has 0 aromatic carbocycles. The molecule has 0 saturated heterocycles. The molecule has 0 saturated carbocycles. The molecule has 0 bridgehead atoms. The molecular weight excluding hydrogens is 296 g/mol. The van der Waals surface area contributed by atoms with Crippen LogP contribution in [0.3, 0.4) is 0 Å². The van der Waals surface area contributed by atoms with Crippen LogP contribution in [0.5, 0.6) is 0 Å². The van der Waals surface area contributed by atoms with E-state index in [2.05, 4.69) is 10.0 Å². The Kier molecular flexibility index (Phi) is 30.7. The summed E-state index contributed by atoms with van der Waals surface area (Å²) in [5.41, 5.74) is 0. The highest BCUT2D eigenvalue weighted by atomic mass is 32.2. The van der Waals surface area contributed by atoms with E-state index in [9.17, 15) is 9.00 Å². The predicted molar refractivity (Wildman–Crippen MR) is 100 cm³/mol. The quantitative estimate of drug-likeness (QED) is 0.525. The molecular formula is C17H40N2O2S. The number of amides is 1. The molecule has 0 fully saturated rings. The van der Waals surface area contributed by atoms with Gasteiger partial charge in [0.15, 0.2) is 0 Å². The van der Waals surface area contributed by atoms with Gasteiger partial charge in [0.1, 0.15) is 0 Å². The SMILES string of the molecule is CC.CC.CNS(=O)CCCCCCCCCCNC(C)=O. The first-order chi connectivity index (χ1) is 10.7. The van der Waals surface area contributed by atoms with E-state index in [0.29, 0.717) is 0 Å². The average Bonchev–Trinajstić information content (AvgIpc) is 2.55. The van der Waals surface area contributed by atoms with Crippen LogP contribution in [0, 0.1) is 0 Å². The first kappa shape index (κ1) is 26.5. The first-order valence-electron chi connectivity index (χ1n) is 8.97. The van der Waals surface area contributed by atoms with Crippen LogP contribution in [-0.4, -0.2) is 29.5 Å². The van der Waals surface area contributed by atoms with Crippen molar-refractivity contribution in [1.29, 1.82) is 0 Å². The molecule has 0 aliphatic heterocycles. The van der Waals surface area contributed by atoms with Gasteiger partial charge in [0.2, 0.25) is 5.91 Å². The minimum atomic E-state index is -0.828. The van der Waals surface area contributed by atoms with Crippen LogP contribution in [-0.2, 0) is 15.8 Å². The fourth-order valence-electron chi connectivity index (χ4n) is 1.79. The smallest absolute Gasteiger partial charge is 0.216 e. The normalized spacial score (nSPS) is 10.6. The molecule has 2 N–H and O–H groups in total. The van der Waals surface area contributed by atoms with Gasteiger partial charge in [-0.15, -0.1) is 0 Å². The maximum absolute atomic E-state index is 11.1. The molecule has 1 atom stereocenters. The lowest BCUT2D eigenvalue weighted by atomic mass is 10.1. The van der Waals surface area contributed by atoms with E-state index in [-0.39, 0.29) is 5.91 Å². The van der Waals surface area contributed by atoms with Crippen LogP contribution in [0.4, 0.5) is 0 Å². The number of nitrogens with one attached hydrogen (secondary N) is 2. The Morgan fingerprint density at radius 2 is 1.23 bits per heavy atom. The largest absolute Gasteiger partial charge is 0.356 e. The van der Waals surface area contributed by atoms with Crippen molar-refractivity contribution in [2.24, 2.45) is 0 Å². The van der Waals surface area contributed by atoms with E-state index in [4.69, 9.17) is 0 Å². The molecule has 0 aromatic rings. The molecule has 0 heterocycles. The van der Waals surface area contributed by atoms with Crippen molar-refractivity contribution in [3.05, 3.63) is 0 Å². The number of carbonyl (C=O) groups is 1. The van der Waals surface area contributed by atoms with Crippen molar-refractivity contribution in [1.82, 2.24) is 10.0 Å². The van der Waals surface area contributed by atoms with Crippen molar-refractivity contribution in [3.63, 3.8) is 0 Å². The summed E-state index contributed by atoms with van der Waals surface area (Å²) in [5, 5.41) is 2.81. The van der Waals surface area contributed by atoms with Crippen molar-refractivity contribution in [3.8, 4) is 0 Å². The second-order valence-electron chi connectivity index (χ2n) is 4.57. The van der Waals surface area contributed by atoms with Crippen LogP contribution in [0.1, 0.15) is 86.0 Å². The lowest BCUT2D eigenvalue weighted by Gasteiger charge is -2.03. The number of hydrogen-bond donors (Lipinski definition) is 2. The number of hydrogen-bond acceptors (Lipinski definition) is 2. The van der Waals surface area contributed by atoms with Crippen molar-refractivity contribution in [2.75, 3.05) is 19.3 Å². The fourth-order valence-corrected chi connectivity index (χ4v) is 2.46. The van der Waals surface area contributed by atoms with Gasteiger partial charge in [-0.2, -0.15) is 0 Å². The number of rotatable bonds is 12. The van der Waals surface area contributed by atoms with E-state index in [0.717, 1.165) is 25.1 Å². The minimum absolute atomic E-state index is 0.0638. The summed E-state index contributed by atoms with van der Waals surface area (Å²) in [5.74, 6) is 0.835. The molecule has 0 rings (SSSR count). The second-order valence-corrected chi connectivity index (χ2v) is 6.07. The van der Waals surface area contributed by atoms with Gasteiger partial charge in [-0.25, -0.2) is 8.93 Å². The number of unbranched alkanes of at least 4 members (excludes halogenated alkanes) is 7. The van der Waals surface area contributed by atoms with Crippen LogP contribution >= 0.6 is 0 Å². The third-order valence-corrected chi connectivity index (χ3v) is 3.97. The first-order valence-corrected chi connectivity index (χ1v) is 10.3. The van der Waals surface area contributed by atoms with Gasteiger partial charge < -0.3 is 5.32 Å². The maximum atomic E-state index is 11.1. The summed E-state index contributed by atoms with van der Waals surface area (Å²) in [6.07, 6.45) is 9.55. The summed E-state index contributed by atoms with van der Waals surface area (Å²) in [6, 6.07) is 0. The van der Waals surface area contributed by atoms with Crippen LogP contribution < -0.4 is 10.0 Å². The van der Waals surface area contributed by atoms with Crippen molar-refractivity contribution >= 4 is 16.9 Å². The number of carbonyl (C=O) groups excluding carboxylic acids is 1. The van der Waals surface area contributed by atoms with Crippen molar-refractivity contribution in [2.45, 2.75) is 86.0 Å². The second kappa shape index (κ2) is 25.5. The summed E-state index contributed by atoms with van der Waals surface area (Å²) in [7, 11) is 0.905. The molecule has 22 heavy (non-hydrogen) atoms. The van der Waals surface area contributed by atoms with E-state index in [1.54, 1.807) is 14.0 Å². The average molecular weight is 337 g/mol. The van der Waals surface area contributed by atoms with Gasteiger partial charge in [0.05, 0.1) is 11.0 Å². The summed E-state index contributed by atoms with van der Waals surface area (Å²) in [6.45, 7) is 10.4. The standard InChI is InChI=1S/C13H28N2O2S.2C2H6/c1-13(16)15-11-9-7-5-3-4-6-8-10-12-18(17)14-2;2*1-2/h14H,3-12H2,1-2H3,(H,15,16);2*1-2H3. The van der Waals surface area contributed by atoms with Gasteiger partial charge >= 0.3 is 0 Å². The Bertz CT molecular complexity index is 237. The monoisotopic (exact) mass is 336 g/mol. The molecule has 0 aliphatic carbocycles. The lowest BCUT2D eigenvalue weighted by Crippen LogP contribution is -2.20. The van der Waals surface area contributed by atoms with Gasteiger partial charge in [0, 0.05) is 19.2 Å². The van der Waals surface area contributed by atoms with Gasteiger partial charge in [0.25, 0.3) is 0 Å². The van der Waals surface area contributed by atoms with E-state index < -0.39 is 11.0 Å². The Hall–Kier alpha value is -0.420. The van der Waals surface area contributed by atoms with E-state index in [1.807, 2.05) is 27.7 Å². The summed E-state index contributed by atoms with van der Waals surface area (Å²) < 4.78 is 13.8. The van der Waals surface area contributed by atoms with Gasteiger partial charge in [-0.3, -0.25) is 4.79 Å². The molecule has 136 valence electrons. The van der Waals surface area contributed by atoms with Gasteiger partial charge in [-0.05, 0) is 19.9 Å². The van der Waals surface area contributed by atoms with Crippen LogP contribution in [0.25, 0.3) is 0 Å². The maximum Gasteiger partial charge on any atom is 0.216 e. The predicted octanol–water partition coefficient (Wildman–Crippen LogP) is 4.18.